The zero-order valence-electron chi connectivity index (χ0n) is 5.55. The van der Waals surface area contributed by atoms with Gasteiger partial charge in [-0.2, -0.15) is 0 Å². The zero-order chi connectivity index (χ0) is 6.69. The summed E-state index contributed by atoms with van der Waals surface area (Å²) >= 11 is 0. The normalized spacial score (nSPS) is 24.8. The standard InChI is InChI=1S/C7H11NO/c1-2-7(9)6-4-3-5-8-6/h3-4,6,8H,2,5H2,1H3/t6-/m1/s1. The molecule has 50 valence electrons. The number of hydrogen-bond acceptors (Lipinski definition) is 2. The number of carbonyl (C=O) groups excluding carboxylic acids is 1. The van der Waals surface area contributed by atoms with Gasteiger partial charge in [0.15, 0.2) is 5.78 Å². The van der Waals surface area contributed by atoms with E-state index >= 15 is 0 Å². The summed E-state index contributed by atoms with van der Waals surface area (Å²) in [5, 5.41) is 3.05. The van der Waals surface area contributed by atoms with E-state index in [-0.39, 0.29) is 11.8 Å². The Kier molecular flexibility index (Phi) is 2.01. The minimum absolute atomic E-state index is 0.00926. The lowest BCUT2D eigenvalue weighted by Crippen LogP contribution is -2.30. The summed E-state index contributed by atoms with van der Waals surface area (Å²) < 4.78 is 0. The van der Waals surface area contributed by atoms with Crippen LogP contribution in [0.15, 0.2) is 12.2 Å². The number of Topliss-reactive ketones (excluding diaryl/α,β-unsaturated/α-hetero) is 1. The van der Waals surface area contributed by atoms with E-state index in [4.69, 9.17) is 0 Å². The Bertz CT molecular complexity index is 140. The molecule has 0 aromatic rings. The summed E-state index contributed by atoms with van der Waals surface area (Å²) in [5.74, 6) is 0.281. The van der Waals surface area contributed by atoms with Crippen LogP contribution in [0.2, 0.25) is 0 Å². The van der Waals surface area contributed by atoms with Crippen LogP contribution in [-0.2, 0) is 4.79 Å². The number of ketones is 1. The van der Waals surface area contributed by atoms with Gasteiger partial charge in [-0.05, 0) is 0 Å². The van der Waals surface area contributed by atoms with E-state index in [1.165, 1.54) is 0 Å². The van der Waals surface area contributed by atoms with Crippen molar-refractivity contribution in [2.75, 3.05) is 6.54 Å². The van der Waals surface area contributed by atoms with E-state index in [9.17, 15) is 4.79 Å². The van der Waals surface area contributed by atoms with Gasteiger partial charge in [0.25, 0.3) is 0 Å². The van der Waals surface area contributed by atoms with Gasteiger partial charge < -0.3 is 5.32 Å². The van der Waals surface area contributed by atoms with Gasteiger partial charge in [0.1, 0.15) is 0 Å². The fraction of sp³-hybridized carbons (Fsp3) is 0.571. The molecule has 9 heavy (non-hydrogen) atoms. The summed E-state index contributed by atoms with van der Waals surface area (Å²) in [7, 11) is 0. The number of carbonyl (C=O) groups is 1. The number of hydrogen-bond donors (Lipinski definition) is 1. The second-order valence-corrected chi connectivity index (χ2v) is 2.13. The SMILES string of the molecule is CCC(=O)[C@H]1C=CCN1. The van der Waals surface area contributed by atoms with Gasteiger partial charge in [0.05, 0.1) is 6.04 Å². The van der Waals surface area contributed by atoms with Gasteiger partial charge in [-0.3, -0.25) is 4.79 Å². The van der Waals surface area contributed by atoms with Crippen LogP contribution in [-0.4, -0.2) is 18.4 Å². The van der Waals surface area contributed by atoms with E-state index < -0.39 is 0 Å². The molecule has 0 aromatic heterocycles. The van der Waals surface area contributed by atoms with E-state index in [0.717, 1.165) is 6.54 Å². The molecule has 0 bridgehead atoms. The molecule has 1 rings (SSSR count). The Morgan fingerprint density at radius 3 is 3.11 bits per heavy atom. The highest BCUT2D eigenvalue weighted by molar-refractivity contribution is 5.86. The van der Waals surface area contributed by atoms with Crippen LogP contribution >= 0.6 is 0 Å². The lowest BCUT2D eigenvalue weighted by atomic mass is 10.1. The topological polar surface area (TPSA) is 29.1 Å². The first-order chi connectivity index (χ1) is 4.34. The van der Waals surface area contributed by atoms with Gasteiger partial charge in [0.2, 0.25) is 0 Å². The van der Waals surface area contributed by atoms with Crippen molar-refractivity contribution in [2.24, 2.45) is 0 Å². The van der Waals surface area contributed by atoms with E-state index in [1.54, 1.807) is 0 Å². The molecule has 1 aliphatic rings. The molecule has 0 saturated carbocycles. The van der Waals surface area contributed by atoms with Crippen LogP contribution in [0.4, 0.5) is 0 Å². The maximum atomic E-state index is 10.9. The van der Waals surface area contributed by atoms with Crippen LogP contribution in [0.1, 0.15) is 13.3 Å². The monoisotopic (exact) mass is 125 g/mol. The molecule has 0 aromatic carbocycles. The van der Waals surface area contributed by atoms with Crippen LogP contribution in [0.5, 0.6) is 0 Å². The minimum atomic E-state index is 0.00926. The third kappa shape index (κ3) is 1.39. The highest BCUT2D eigenvalue weighted by atomic mass is 16.1. The molecule has 1 heterocycles. The highest BCUT2D eigenvalue weighted by Crippen LogP contribution is 1.98. The smallest absolute Gasteiger partial charge is 0.153 e. The molecule has 2 nitrogen and oxygen atoms in total. The summed E-state index contributed by atoms with van der Waals surface area (Å²) in [6.07, 6.45) is 4.53. The van der Waals surface area contributed by atoms with Crippen LogP contribution in [0.3, 0.4) is 0 Å². The average Bonchev–Trinajstić information content (AvgIpc) is 2.37. The van der Waals surface area contributed by atoms with Gasteiger partial charge in [-0.15, -0.1) is 0 Å². The molecule has 1 N–H and O–H groups in total. The molecule has 0 unspecified atom stereocenters. The fourth-order valence-corrected chi connectivity index (χ4v) is 0.908. The first-order valence-electron chi connectivity index (χ1n) is 3.27. The number of rotatable bonds is 2. The van der Waals surface area contributed by atoms with Crippen molar-refractivity contribution in [3.05, 3.63) is 12.2 Å². The Balaban J connectivity index is 2.43. The zero-order valence-corrected chi connectivity index (χ0v) is 5.55. The van der Waals surface area contributed by atoms with Crippen LogP contribution in [0.25, 0.3) is 0 Å². The summed E-state index contributed by atoms with van der Waals surface area (Å²) in [6.45, 7) is 2.73. The van der Waals surface area contributed by atoms with E-state index in [2.05, 4.69) is 5.32 Å². The highest BCUT2D eigenvalue weighted by Gasteiger charge is 2.14. The quantitative estimate of drug-likeness (QED) is 0.544. The van der Waals surface area contributed by atoms with Crippen LogP contribution in [0, 0.1) is 0 Å². The predicted octanol–water partition coefficient (Wildman–Crippen LogP) is 0.493. The Morgan fingerprint density at radius 2 is 2.67 bits per heavy atom. The van der Waals surface area contributed by atoms with Crippen molar-refractivity contribution in [3.8, 4) is 0 Å². The van der Waals surface area contributed by atoms with Gasteiger partial charge >= 0.3 is 0 Å². The Hall–Kier alpha value is -0.630. The molecule has 0 fully saturated rings. The predicted molar refractivity (Wildman–Crippen MR) is 36.2 cm³/mol. The van der Waals surface area contributed by atoms with E-state index in [0.29, 0.717) is 6.42 Å². The van der Waals surface area contributed by atoms with Gasteiger partial charge in [0, 0.05) is 13.0 Å². The van der Waals surface area contributed by atoms with Gasteiger partial charge in [-0.1, -0.05) is 19.1 Å². The molecule has 1 atom stereocenters. The van der Waals surface area contributed by atoms with Crippen molar-refractivity contribution in [3.63, 3.8) is 0 Å². The molecular weight excluding hydrogens is 114 g/mol. The molecule has 0 amide bonds. The summed E-state index contributed by atoms with van der Waals surface area (Å²) in [6, 6.07) is 0.00926. The lowest BCUT2D eigenvalue weighted by Gasteiger charge is -2.03. The second-order valence-electron chi connectivity index (χ2n) is 2.13. The van der Waals surface area contributed by atoms with Crippen molar-refractivity contribution < 1.29 is 4.79 Å². The third-order valence-electron chi connectivity index (χ3n) is 1.48. The minimum Gasteiger partial charge on any atom is -0.301 e. The maximum Gasteiger partial charge on any atom is 0.153 e. The Morgan fingerprint density at radius 1 is 1.89 bits per heavy atom. The molecule has 0 radical (unpaired) electrons. The van der Waals surface area contributed by atoms with Crippen molar-refractivity contribution in [1.29, 1.82) is 0 Å². The largest absolute Gasteiger partial charge is 0.301 e. The maximum absolute atomic E-state index is 10.9. The average molecular weight is 125 g/mol. The van der Waals surface area contributed by atoms with Crippen LogP contribution < -0.4 is 5.32 Å². The lowest BCUT2D eigenvalue weighted by molar-refractivity contribution is -0.119. The first-order valence-corrected chi connectivity index (χ1v) is 3.27. The molecule has 1 aliphatic heterocycles. The molecule has 0 spiro atoms. The fourth-order valence-electron chi connectivity index (χ4n) is 0.908. The molecule has 2 heteroatoms. The molecule has 0 aliphatic carbocycles. The van der Waals surface area contributed by atoms with E-state index in [1.807, 2.05) is 19.1 Å². The second kappa shape index (κ2) is 2.78. The van der Waals surface area contributed by atoms with Crippen molar-refractivity contribution >= 4 is 5.78 Å². The van der Waals surface area contributed by atoms with Crippen molar-refractivity contribution in [1.82, 2.24) is 5.32 Å². The Labute approximate surface area is 54.9 Å². The first kappa shape index (κ1) is 6.49. The van der Waals surface area contributed by atoms with Gasteiger partial charge in [-0.25, -0.2) is 0 Å². The third-order valence-corrected chi connectivity index (χ3v) is 1.48. The summed E-state index contributed by atoms with van der Waals surface area (Å²) in [4.78, 5) is 10.9. The molecular formula is C7H11NO. The molecule has 0 saturated heterocycles. The van der Waals surface area contributed by atoms with Crippen molar-refractivity contribution in [2.45, 2.75) is 19.4 Å². The number of nitrogens with one attached hydrogen (secondary N) is 1. The summed E-state index contributed by atoms with van der Waals surface area (Å²) in [5.41, 5.74) is 0.